The number of rotatable bonds is 4. The van der Waals surface area contributed by atoms with Crippen LogP contribution >= 0.6 is 11.6 Å². The van der Waals surface area contributed by atoms with Gasteiger partial charge in [0.15, 0.2) is 0 Å². The van der Waals surface area contributed by atoms with Crippen molar-refractivity contribution < 1.29 is 14.6 Å². The first-order valence-electron chi connectivity index (χ1n) is 7.72. The molecule has 0 fully saturated rings. The molecule has 0 saturated carbocycles. The highest BCUT2D eigenvalue weighted by Gasteiger charge is 2.14. The standard InChI is InChI=1S/C16H16ClN5O4/c1-4-22-13-10(6-11(17)14(22)23)8(2)18-15(20-13)19-9-5-12(21(3)7-9)26-16(24)25/h5-7H,4H2,1-3H3,(H,24,25)(H,18,19,20). The van der Waals surface area contributed by atoms with Gasteiger partial charge in [0.25, 0.3) is 5.56 Å². The van der Waals surface area contributed by atoms with Crippen molar-refractivity contribution >= 4 is 40.4 Å². The number of aromatic nitrogens is 4. The third-order valence-electron chi connectivity index (χ3n) is 3.82. The molecule has 0 bridgehead atoms. The van der Waals surface area contributed by atoms with E-state index in [0.717, 1.165) is 0 Å². The SMILES string of the molecule is CCn1c(=O)c(Cl)cc2c(C)nc(Nc3cc(OC(=O)O)n(C)c3)nc21. The van der Waals surface area contributed by atoms with Crippen LogP contribution in [0, 0.1) is 6.92 Å². The maximum Gasteiger partial charge on any atom is 0.512 e. The average Bonchev–Trinajstić information content (AvgIpc) is 2.88. The number of aryl methyl sites for hydroxylation is 3. The van der Waals surface area contributed by atoms with Crippen LogP contribution in [0.4, 0.5) is 16.4 Å². The van der Waals surface area contributed by atoms with Gasteiger partial charge in [-0.2, -0.15) is 4.98 Å². The van der Waals surface area contributed by atoms with E-state index < -0.39 is 6.16 Å². The smallest absolute Gasteiger partial charge is 0.449 e. The number of nitrogens with one attached hydrogen (secondary N) is 1. The molecule has 3 heterocycles. The maximum absolute atomic E-state index is 12.2. The fourth-order valence-electron chi connectivity index (χ4n) is 2.64. The molecule has 0 aliphatic rings. The average molecular weight is 378 g/mol. The Kier molecular flexibility index (Phi) is 4.56. The van der Waals surface area contributed by atoms with Crippen molar-refractivity contribution in [1.82, 2.24) is 19.1 Å². The van der Waals surface area contributed by atoms with Crippen molar-refractivity contribution in [2.45, 2.75) is 20.4 Å². The lowest BCUT2D eigenvalue weighted by Crippen LogP contribution is -2.21. The minimum Gasteiger partial charge on any atom is -0.449 e. The summed E-state index contributed by atoms with van der Waals surface area (Å²) in [6.45, 7) is 4.03. The van der Waals surface area contributed by atoms with Gasteiger partial charge in [0.1, 0.15) is 10.7 Å². The van der Waals surface area contributed by atoms with Crippen LogP contribution in [0.3, 0.4) is 0 Å². The first-order valence-corrected chi connectivity index (χ1v) is 8.09. The predicted molar refractivity (Wildman–Crippen MR) is 96.6 cm³/mol. The van der Waals surface area contributed by atoms with Gasteiger partial charge in [-0.25, -0.2) is 9.78 Å². The number of anilines is 2. The molecule has 2 N–H and O–H groups in total. The van der Waals surface area contributed by atoms with Crippen molar-refractivity contribution in [3.05, 3.63) is 39.4 Å². The summed E-state index contributed by atoms with van der Waals surface area (Å²) in [5, 5.41) is 12.5. The van der Waals surface area contributed by atoms with Crippen LogP contribution in [0.5, 0.6) is 5.88 Å². The summed E-state index contributed by atoms with van der Waals surface area (Å²) in [4.78, 5) is 31.7. The fraction of sp³-hybridized carbons (Fsp3) is 0.250. The monoisotopic (exact) mass is 377 g/mol. The number of nitrogens with zero attached hydrogens (tertiary/aromatic N) is 4. The van der Waals surface area contributed by atoms with Crippen molar-refractivity contribution in [3.8, 4) is 5.88 Å². The number of ether oxygens (including phenoxy) is 1. The van der Waals surface area contributed by atoms with Gasteiger partial charge in [0, 0.05) is 31.2 Å². The van der Waals surface area contributed by atoms with E-state index in [1.165, 1.54) is 15.2 Å². The fourth-order valence-corrected chi connectivity index (χ4v) is 2.85. The highest BCUT2D eigenvalue weighted by atomic mass is 35.5. The van der Waals surface area contributed by atoms with Gasteiger partial charge in [-0.1, -0.05) is 11.6 Å². The molecule has 0 unspecified atom stereocenters. The predicted octanol–water partition coefficient (Wildman–Crippen LogP) is 2.91. The Hall–Kier alpha value is -3.07. The van der Waals surface area contributed by atoms with Crippen LogP contribution in [0.15, 0.2) is 23.1 Å². The molecule has 0 aliphatic carbocycles. The van der Waals surface area contributed by atoms with E-state index in [2.05, 4.69) is 20.0 Å². The van der Waals surface area contributed by atoms with Gasteiger partial charge in [-0.3, -0.25) is 9.36 Å². The molecule has 0 aromatic carbocycles. The summed E-state index contributed by atoms with van der Waals surface area (Å²) < 4.78 is 7.64. The largest absolute Gasteiger partial charge is 0.512 e. The van der Waals surface area contributed by atoms with E-state index in [9.17, 15) is 9.59 Å². The Morgan fingerprint density at radius 2 is 2.12 bits per heavy atom. The molecule has 0 radical (unpaired) electrons. The molecule has 10 heteroatoms. The van der Waals surface area contributed by atoms with Crippen LogP contribution < -0.4 is 15.6 Å². The zero-order chi connectivity index (χ0) is 19.0. The minimum atomic E-state index is -1.40. The Morgan fingerprint density at radius 3 is 2.77 bits per heavy atom. The van der Waals surface area contributed by atoms with Crippen LogP contribution in [0.1, 0.15) is 12.6 Å². The lowest BCUT2D eigenvalue weighted by atomic mass is 10.2. The van der Waals surface area contributed by atoms with Crippen LogP contribution in [0.2, 0.25) is 5.02 Å². The van der Waals surface area contributed by atoms with Gasteiger partial charge in [-0.15, -0.1) is 0 Å². The molecule has 0 amide bonds. The molecular weight excluding hydrogens is 362 g/mol. The number of fused-ring (bicyclic) bond motifs is 1. The number of hydrogen-bond acceptors (Lipinski definition) is 6. The molecule has 3 aromatic heterocycles. The lowest BCUT2D eigenvalue weighted by Gasteiger charge is -2.11. The van der Waals surface area contributed by atoms with Crippen molar-refractivity contribution in [2.75, 3.05) is 5.32 Å². The second kappa shape index (κ2) is 6.68. The third-order valence-corrected chi connectivity index (χ3v) is 4.09. The molecule has 3 rings (SSSR count). The quantitative estimate of drug-likeness (QED) is 0.672. The Balaban J connectivity index is 2.05. The number of carbonyl (C=O) groups is 1. The normalized spacial score (nSPS) is 10.9. The summed E-state index contributed by atoms with van der Waals surface area (Å²) in [5.41, 5.74) is 1.35. The summed E-state index contributed by atoms with van der Waals surface area (Å²) in [7, 11) is 1.65. The molecule has 0 aliphatic heterocycles. The van der Waals surface area contributed by atoms with Gasteiger partial charge >= 0.3 is 6.16 Å². The van der Waals surface area contributed by atoms with Gasteiger partial charge in [0.05, 0.1) is 11.4 Å². The Morgan fingerprint density at radius 1 is 1.38 bits per heavy atom. The number of carboxylic acid groups (broad SMARTS) is 1. The first-order chi connectivity index (χ1) is 12.3. The highest BCUT2D eigenvalue weighted by Crippen LogP contribution is 2.24. The minimum absolute atomic E-state index is 0.116. The summed E-state index contributed by atoms with van der Waals surface area (Å²) in [6, 6.07) is 3.07. The number of pyridine rings is 1. The molecule has 3 aromatic rings. The maximum atomic E-state index is 12.2. The van der Waals surface area contributed by atoms with E-state index >= 15 is 0 Å². The molecule has 0 spiro atoms. The van der Waals surface area contributed by atoms with Crippen LogP contribution in [-0.2, 0) is 13.6 Å². The molecule has 0 saturated heterocycles. The zero-order valence-corrected chi connectivity index (χ0v) is 15.0. The van der Waals surface area contributed by atoms with Gasteiger partial charge < -0.3 is 19.7 Å². The van der Waals surface area contributed by atoms with Crippen molar-refractivity contribution in [1.29, 1.82) is 0 Å². The van der Waals surface area contributed by atoms with Crippen LogP contribution in [0.25, 0.3) is 11.0 Å². The Bertz CT molecular complexity index is 1070. The molecular formula is C16H16ClN5O4. The number of hydrogen-bond donors (Lipinski definition) is 2. The zero-order valence-electron chi connectivity index (χ0n) is 14.3. The molecule has 0 atom stereocenters. The van der Waals surface area contributed by atoms with E-state index in [4.69, 9.17) is 16.7 Å². The van der Waals surface area contributed by atoms with E-state index in [1.54, 1.807) is 26.2 Å². The molecule has 26 heavy (non-hydrogen) atoms. The lowest BCUT2D eigenvalue weighted by molar-refractivity contribution is 0.141. The third kappa shape index (κ3) is 3.21. The first kappa shape index (κ1) is 17.7. The van der Waals surface area contributed by atoms with Gasteiger partial charge in [-0.05, 0) is 19.9 Å². The van der Waals surface area contributed by atoms with E-state index in [1.807, 2.05) is 6.92 Å². The molecule has 9 nitrogen and oxygen atoms in total. The van der Waals surface area contributed by atoms with E-state index in [0.29, 0.717) is 29.0 Å². The second-order valence-corrected chi connectivity index (χ2v) is 5.99. The Labute approximate surface area is 152 Å². The second-order valence-electron chi connectivity index (χ2n) is 5.58. The van der Waals surface area contributed by atoms with Crippen molar-refractivity contribution in [3.63, 3.8) is 0 Å². The van der Waals surface area contributed by atoms with Crippen molar-refractivity contribution in [2.24, 2.45) is 7.05 Å². The van der Waals surface area contributed by atoms with E-state index in [-0.39, 0.29) is 22.4 Å². The summed E-state index contributed by atoms with van der Waals surface area (Å²) in [6.07, 6.45) is 0.232. The summed E-state index contributed by atoms with van der Waals surface area (Å²) >= 11 is 6.01. The summed E-state index contributed by atoms with van der Waals surface area (Å²) in [5.74, 6) is 0.418. The van der Waals surface area contributed by atoms with Gasteiger partial charge in [0.2, 0.25) is 11.8 Å². The van der Waals surface area contributed by atoms with Crippen LogP contribution in [-0.4, -0.2) is 30.4 Å². The highest BCUT2D eigenvalue weighted by molar-refractivity contribution is 6.31. The number of halogens is 1. The topological polar surface area (TPSA) is 111 Å². The molecule has 136 valence electrons.